The van der Waals surface area contributed by atoms with Gasteiger partial charge in [0.2, 0.25) is 0 Å². The Labute approximate surface area is 139 Å². The molecule has 24 heavy (non-hydrogen) atoms. The number of carbonyl (C=O) groups is 3. The van der Waals surface area contributed by atoms with Crippen LogP contribution in [0.2, 0.25) is 0 Å². The highest BCUT2D eigenvalue weighted by molar-refractivity contribution is 6.03. The number of Topliss-reactive ketones (excluding diaryl/α,β-unsaturated/α-hetero) is 1. The van der Waals surface area contributed by atoms with Gasteiger partial charge in [0.05, 0.1) is 12.1 Å². The lowest BCUT2D eigenvalue weighted by atomic mass is 10.0. The van der Waals surface area contributed by atoms with Gasteiger partial charge in [-0.05, 0) is 31.0 Å². The predicted molar refractivity (Wildman–Crippen MR) is 86.4 cm³/mol. The van der Waals surface area contributed by atoms with E-state index in [0.29, 0.717) is 36.4 Å². The van der Waals surface area contributed by atoms with E-state index < -0.39 is 12.1 Å². The summed E-state index contributed by atoms with van der Waals surface area (Å²) >= 11 is 0. The molecule has 1 amide bonds. The van der Waals surface area contributed by atoms with Crippen LogP contribution in [-0.4, -0.2) is 47.1 Å². The molecule has 0 radical (unpaired) electrons. The van der Waals surface area contributed by atoms with Crippen molar-refractivity contribution in [3.05, 3.63) is 23.8 Å². The van der Waals surface area contributed by atoms with Crippen molar-refractivity contribution in [3.8, 4) is 5.75 Å². The van der Waals surface area contributed by atoms with Crippen LogP contribution in [0.15, 0.2) is 18.2 Å². The van der Waals surface area contributed by atoms with Gasteiger partial charge in [0.15, 0.2) is 11.9 Å². The van der Waals surface area contributed by atoms with Crippen LogP contribution >= 0.6 is 0 Å². The minimum atomic E-state index is -1.03. The molecule has 1 aliphatic heterocycles. The van der Waals surface area contributed by atoms with Crippen LogP contribution in [0, 0.1) is 0 Å². The molecule has 0 fully saturated rings. The van der Waals surface area contributed by atoms with E-state index in [2.05, 4.69) is 0 Å². The molecular formula is C17H21NO6. The number of rotatable bonds is 8. The molecule has 130 valence electrons. The van der Waals surface area contributed by atoms with Gasteiger partial charge in [0, 0.05) is 25.1 Å². The van der Waals surface area contributed by atoms with Crippen LogP contribution in [-0.2, 0) is 9.59 Å². The van der Waals surface area contributed by atoms with Crippen molar-refractivity contribution in [1.82, 2.24) is 0 Å². The molecule has 0 spiro atoms. The largest absolute Gasteiger partial charge is 0.481 e. The van der Waals surface area contributed by atoms with Crippen LogP contribution in [0.25, 0.3) is 0 Å². The average molecular weight is 335 g/mol. The van der Waals surface area contributed by atoms with Crippen molar-refractivity contribution in [3.63, 3.8) is 0 Å². The number of hydrogen-bond donors (Lipinski definition) is 2. The smallest absolute Gasteiger partial charge is 0.303 e. The molecule has 0 aromatic heterocycles. The molecule has 0 bridgehead atoms. The standard InChI is InChI=1S/C17H21NO6/c1-2-14-17(23)18(8-3-9-19)12-10-11(4-6-15(12)24-14)13(20)5-7-16(21)22/h4,6,10,14,19H,2-3,5,7-9H2,1H3,(H,21,22). The second-order valence-electron chi connectivity index (χ2n) is 5.58. The normalized spacial score (nSPS) is 16.5. The fourth-order valence-corrected chi connectivity index (χ4v) is 2.58. The Balaban J connectivity index is 2.30. The lowest BCUT2D eigenvalue weighted by Crippen LogP contribution is -2.46. The number of carboxylic acid groups (broad SMARTS) is 1. The number of anilines is 1. The molecule has 0 saturated heterocycles. The third kappa shape index (κ3) is 3.91. The van der Waals surface area contributed by atoms with Crippen LogP contribution in [0.5, 0.6) is 5.75 Å². The molecule has 1 aromatic rings. The van der Waals surface area contributed by atoms with E-state index in [1.54, 1.807) is 18.2 Å². The summed E-state index contributed by atoms with van der Waals surface area (Å²) in [5.74, 6) is -1.02. The van der Waals surface area contributed by atoms with Crippen molar-refractivity contribution in [1.29, 1.82) is 0 Å². The van der Waals surface area contributed by atoms with Gasteiger partial charge >= 0.3 is 5.97 Å². The number of carbonyl (C=O) groups excluding carboxylic acids is 2. The zero-order valence-electron chi connectivity index (χ0n) is 13.5. The molecule has 1 unspecified atom stereocenters. The highest BCUT2D eigenvalue weighted by Crippen LogP contribution is 2.36. The molecular weight excluding hydrogens is 314 g/mol. The van der Waals surface area contributed by atoms with Crippen LogP contribution in [0.4, 0.5) is 5.69 Å². The topological polar surface area (TPSA) is 104 Å². The van der Waals surface area contributed by atoms with E-state index >= 15 is 0 Å². The predicted octanol–water partition coefficient (Wildman–Crippen LogP) is 1.62. The van der Waals surface area contributed by atoms with Crippen molar-refractivity contribution < 1.29 is 29.3 Å². The Morgan fingerprint density at radius 3 is 2.67 bits per heavy atom. The molecule has 2 N–H and O–H groups in total. The quantitative estimate of drug-likeness (QED) is 0.700. The minimum absolute atomic E-state index is 0.0476. The molecule has 2 rings (SSSR count). The van der Waals surface area contributed by atoms with E-state index in [1.165, 1.54) is 4.90 Å². The van der Waals surface area contributed by atoms with Gasteiger partial charge in [-0.15, -0.1) is 0 Å². The molecule has 1 aromatic carbocycles. The second-order valence-corrected chi connectivity index (χ2v) is 5.58. The SMILES string of the molecule is CCC1Oc2ccc(C(=O)CCC(=O)O)cc2N(CCCO)C1=O. The maximum atomic E-state index is 12.5. The molecule has 0 saturated carbocycles. The number of amides is 1. The fourth-order valence-electron chi connectivity index (χ4n) is 2.58. The van der Waals surface area contributed by atoms with Gasteiger partial charge in [-0.25, -0.2) is 0 Å². The minimum Gasteiger partial charge on any atom is -0.481 e. The molecule has 0 aliphatic carbocycles. The van der Waals surface area contributed by atoms with Crippen molar-refractivity contribution in [2.45, 2.75) is 38.7 Å². The first kappa shape index (κ1) is 17.9. The Morgan fingerprint density at radius 2 is 2.04 bits per heavy atom. The number of fused-ring (bicyclic) bond motifs is 1. The summed E-state index contributed by atoms with van der Waals surface area (Å²) in [6.45, 7) is 2.13. The van der Waals surface area contributed by atoms with Gasteiger partial charge in [-0.2, -0.15) is 0 Å². The number of ketones is 1. The van der Waals surface area contributed by atoms with Crippen molar-refractivity contribution in [2.75, 3.05) is 18.1 Å². The summed E-state index contributed by atoms with van der Waals surface area (Å²) in [5, 5.41) is 17.7. The van der Waals surface area contributed by atoms with Crippen molar-refractivity contribution in [2.24, 2.45) is 0 Å². The summed E-state index contributed by atoms with van der Waals surface area (Å²) in [5.41, 5.74) is 0.828. The highest BCUT2D eigenvalue weighted by atomic mass is 16.5. The number of carboxylic acids is 1. The Morgan fingerprint density at radius 1 is 1.29 bits per heavy atom. The van der Waals surface area contributed by atoms with Crippen molar-refractivity contribution >= 4 is 23.3 Å². The van der Waals surface area contributed by atoms with Gasteiger partial charge < -0.3 is 19.8 Å². The number of nitrogens with zero attached hydrogens (tertiary/aromatic N) is 1. The third-order valence-corrected chi connectivity index (χ3v) is 3.86. The number of benzene rings is 1. The summed E-state index contributed by atoms with van der Waals surface area (Å²) in [6.07, 6.45) is 0.0189. The number of aliphatic carboxylic acids is 1. The Kier molecular flexibility index (Phi) is 5.92. The second kappa shape index (κ2) is 7.92. The van der Waals surface area contributed by atoms with E-state index in [1.807, 2.05) is 6.92 Å². The van der Waals surface area contributed by atoms with Crippen LogP contribution in [0.1, 0.15) is 43.0 Å². The lowest BCUT2D eigenvalue weighted by Gasteiger charge is -2.34. The van der Waals surface area contributed by atoms with Gasteiger partial charge in [0.25, 0.3) is 5.91 Å². The number of ether oxygens (including phenoxy) is 1. The van der Waals surface area contributed by atoms with E-state index in [-0.39, 0.29) is 31.1 Å². The van der Waals surface area contributed by atoms with Gasteiger partial charge in [-0.3, -0.25) is 14.4 Å². The summed E-state index contributed by atoms with van der Waals surface area (Å²) in [7, 11) is 0. The number of hydrogen-bond acceptors (Lipinski definition) is 5. The van der Waals surface area contributed by atoms with Crippen LogP contribution in [0.3, 0.4) is 0 Å². The first-order chi connectivity index (χ1) is 11.5. The van der Waals surface area contributed by atoms with E-state index in [4.69, 9.17) is 14.9 Å². The summed E-state index contributed by atoms with van der Waals surface area (Å²) in [6, 6.07) is 4.76. The van der Waals surface area contributed by atoms with E-state index in [0.717, 1.165) is 0 Å². The average Bonchev–Trinajstić information content (AvgIpc) is 2.58. The summed E-state index contributed by atoms with van der Waals surface area (Å²) < 4.78 is 5.68. The Hall–Kier alpha value is -2.41. The lowest BCUT2D eigenvalue weighted by molar-refractivity contribution is -0.137. The first-order valence-corrected chi connectivity index (χ1v) is 7.95. The Bertz CT molecular complexity index is 642. The fraction of sp³-hybridized carbons (Fsp3) is 0.471. The zero-order valence-corrected chi connectivity index (χ0v) is 13.5. The molecule has 1 aliphatic rings. The van der Waals surface area contributed by atoms with Gasteiger partial charge in [0.1, 0.15) is 5.75 Å². The molecule has 1 heterocycles. The maximum absolute atomic E-state index is 12.5. The van der Waals surface area contributed by atoms with Gasteiger partial charge in [-0.1, -0.05) is 6.92 Å². The molecule has 1 atom stereocenters. The monoisotopic (exact) mass is 335 g/mol. The maximum Gasteiger partial charge on any atom is 0.303 e. The van der Waals surface area contributed by atoms with Crippen LogP contribution < -0.4 is 9.64 Å². The molecule has 7 nitrogen and oxygen atoms in total. The zero-order chi connectivity index (χ0) is 17.7. The summed E-state index contributed by atoms with van der Waals surface area (Å²) in [4.78, 5) is 36.7. The third-order valence-electron chi connectivity index (χ3n) is 3.86. The van der Waals surface area contributed by atoms with E-state index in [9.17, 15) is 14.4 Å². The highest BCUT2D eigenvalue weighted by Gasteiger charge is 2.33. The molecule has 7 heteroatoms. The number of aliphatic hydroxyl groups excluding tert-OH is 1. The first-order valence-electron chi connectivity index (χ1n) is 7.95. The number of aliphatic hydroxyl groups is 1.